The first-order chi connectivity index (χ1) is 11.3. The zero-order valence-electron chi connectivity index (χ0n) is 13.9. The van der Waals surface area contributed by atoms with Gasteiger partial charge in [0.25, 0.3) is 5.69 Å². The van der Waals surface area contributed by atoms with E-state index in [2.05, 4.69) is 10.2 Å². The van der Waals surface area contributed by atoms with Crippen LogP contribution in [0.3, 0.4) is 0 Å². The average Bonchev–Trinajstić information content (AvgIpc) is 2.97. The van der Waals surface area contributed by atoms with Crippen LogP contribution in [0.2, 0.25) is 0 Å². The third-order valence-corrected chi connectivity index (χ3v) is 5.27. The quantitative estimate of drug-likeness (QED) is 0.554. The first-order valence-corrected chi connectivity index (χ1v) is 9.64. The normalized spacial score (nSPS) is 18.7. The van der Waals surface area contributed by atoms with Gasteiger partial charge in [-0.3, -0.25) is 10.1 Å². The van der Waals surface area contributed by atoms with Crippen LogP contribution in [0.5, 0.6) is 0 Å². The van der Waals surface area contributed by atoms with Crippen LogP contribution in [0.15, 0.2) is 23.1 Å². The fourth-order valence-corrected chi connectivity index (χ4v) is 3.44. The lowest BCUT2D eigenvalue weighted by molar-refractivity contribution is -0.384. The van der Waals surface area contributed by atoms with Gasteiger partial charge in [0, 0.05) is 39.1 Å². The maximum absolute atomic E-state index is 11.5. The van der Waals surface area contributed by atoms with Gasteiger partial charge in [-0.05, 0) is 31.0 Å². The number of hydrogen-bond acceptors (Lipinski definition) is 7. The molecule has 0 amide bonds. The van der Waals surface area contributed by atoms with Crippen LogP contribution in [-0.2, 0) is 14.6 Å². The van der Waals surface area contributed by atoms with Crippen molar-refractivity contribution in [1.82, 2.24) is 4.90 Å². The van der Waals surface area contributed by atoms with Crippen molar-refractivity contribution in [1.29, 1.82) is 0 Å². The Kier molecular flexibility index (Phi) is 6.14. The van der Waals surface area contributed by atoms with Crippen LogP contribution in [0.1, 0.15) is 6.42 Å². The maximum Gasteiger partial charge on any atom is 0.293 e. The Morgan fingerprint density at radius 3 is 2.83 bits per heavy atom. The van der Waals surface area contributed by atoms with Gasteiger partial charge in [0.05, 0.1) is 16.4 Å². The molecule has 0 bridgehead atoms. The maximum atomic E-state index is 11.5. The number of sulfone groups is 1. The molecule has 0 unspecified atom stereocenters. The predicted octanol–water partition coefficient (Wildman–Crippen LogP) is 1.38. The second-order valence-electron chi connectivity index (χ2n) is 6.04. The predicted molar refractivity (Wildman–Crippen MR) is 91.1 cm³/mol. The van der Waals surface area contributed by atoms with Gasteiger partial charge in [0.1, 0.15) is 5.69 Å². The lowest BCUT2D eigenvalue weighted by Gasteiger charge is -2.16. The summed E-state index contributed by atoms with van der Waals surface area (Å²) in [4.78, 5) is 12.9. The van der Waals surface area contributed by atoms with E-state index in [4.69, 9.17) is 4.74 Å². The van der Waals surface area contributed by atoms with E-state index >= 15 is 0 Å². The number of anilines is 1. The number of rotatable bonds is 8. The first-order valence-electron chi connectivity index (χ1n) is 7.75. The molecule has 1 aliphatic heterocycles. The number of nitrogens with one attached hydrogen (secondary N) is 1. The van der Waals surface area contributed by atoms with Crippen LogP contribution in [0, 0.1) is 16.0 Å². The van der Waals surface area contributed by atoms with Gasteiger partial charge in [-0.15, -0.1) is 0 Å². The Labute approximate surface area is 141 Å². The van der Waals surface area contributed by atoms with Crippen molar-refractivity contribution in [2.45, 2.75) is 11.3 Å². The molecule has 0 radical (unpaired) electrons. The summed E-state index contributed by atoms with van der Waals surface area (Å²) in [6.45, 7) is 4.10. The molecule has 134 valence electrons. The SMILES string of the molecule is COCCN1CC[C@H](CNc2ccc(S(C)(=O)=O)cc2[N+](=O)[O-])C1. The Bertz CT molecular complexity index is 692. The summed E-state index contributed by atoms with van der Waals surface area (Å²) in [7, 11) is -1.80. The molecule has 1 aliphatic rings. The van der Waals surface area contributed by atoms with Gasteiger partial charge >= 0.3 is 0 Å². The van der Waals surface area contributed by atoms with E-state index in [0.29, 0.717) is 24.8 Å². The molecule has 24 heavy (non-hydrogen) atoms. The van der Waals surface area contributed by atoms with Crippen molar-refractivity contribution in [3.8, 4) is 0 Å². The molecule has 1 aromatic carbocycles. The van der Waals surface area contributed by atoms with E-state index in [1.807, 2.05) is 0 Å². The van der Waals surface area contributed by atoms with E-state index in [0.717, 1.165) is 38.4 Å². The topological polar surface area (TPSA) is 102 Å². The van der Waals surface area contributed by atoms with Crippen molar-refractivity contribution in [2.24, 2.45) is 5.92 Å². The van der Waals surface area contributed by atoms with Crippen LogP contribution in [-0.4, -0.2) is 64.4 Å². The van der Waals surface area contributed by atoms with E-state index in [1.165, 1.54) is 12.1 Å². The van der Waals surface area contributed by atoms with Gasteiger partial charge in [0.15, 0.2) is 9.84 Å². The molecule has 0 aliphatic carbocycles. The molecular weight excluding hydrogens is 334 g/mol. The summed E-state index contributed by atoms with van der Waals surface area (Å²) in [6, 6.07) is 3.97. The van der Waals surface area contributed by atoms with Crippen molar-refractivity contribution in [3.63, 3.8) is 0 Å². The monoisotopic (exact) mass is 357 g/mol. The molecule has 1 heterocycles. The van der Waals surface area contributed by atoms with E-state index < -0.39 is 14.8 Å². The lowest BCUT2D eigenvalue weighted by atomic mass is 10.1. The minimum absolute atomic E-state index is 0.0497. The summed E-state index contributed by atoms with van der Waals surface area (Å²) >= 11 is 0. The molecular formula is C15H23N3O5S. The Morgan fingerprint density at radius 2 is 2.21 bits per heavy atom. The van der Waals surface area contributed by atoms with Crippen LogP contribution in [0.25, 0.3) is 0 Å². The number of nitro benzene ring substituents is 1. The fraction of sp³-hybridized carbons (Fsp3) is 0.600. The summed E-state index contributed by atoms with van der Waals surface area (Å²) in [5.41, 5.74) is 0.134. The second-order valence-corrected chi connectivity index (χ2v) is 8.05. The first kappa shape index (κ1) is 18.6. The Hall–Kier alpha value is -1.71. The molecule has 0 spiro atoms. The molecule has 1 saturated heterocycles. The van der Waals surface area contributed by atoms with Gasteiger partial charge in [-0.25, -0.2) is 8.42 Å². The number of ether oxygens (including phenoxy) is 1. The highest BCUT2D eigenvalue weighted by Crippen LogP contribution is 2.28. The third-order valence-electron chi connectivity index (χ3n) is 4.16. The number of benzene rings is 1. The molecule has 2 rings (SSSR count). The standard InChI is InChI=1S/C15H23N3O5S/c1-23-8-7-17-6-5-12(11-17)10-16-14-4-3-13(24(2,21)22)9-15(14)18(19)20/h3-4,9,12,16H,5-8,10-11H2,1-2H3/t12-/m1/s1. The number of nitrogens with zero attached hydrogens (tertiary/aromatic N) is 2. The summed E-state index contributed by atoms with van der Waals surface area (Å²) in [5.74, 6) is 0.399. The highest BCUT2D eigenvalue weighted by molar-refractivity contribution is 7.90. The van der Waals surface area contributed by atoms with Crippen LogP contribution >= 0.6 is 0 Å². The van der Waals surface area contributed by atoms with Crippen molar-refractivity contribution < 1.29 is 18.1 Å². The summed E-state index contributed by atoms with van der Waals surface area (Å²) in [5, 5.41) is 14.3. The number of methoxy groups -OCH3 is 1. The van der Waals surface area contributed by atoms with Gasteiger partial charge in [-0.2, -0.15) is 0 Å². The molecule has 8 nitrogen and oxygen atoms in total. The van der Waals surface area contributed by atoms with Crippen LogP contribution < -0.4 is 5.32 Å². The smallest absolute Gasteiger partial charge is 0.293 e. The zero-order valence-corrected chi connectivity index (χ0v) is 14.7. The highest BCUT2D eigenvalue weighted by Gasteiger charge is 2.24. The number of nitro groups is 1. The van der Waals surface area contributed by atoms with Crippen molar-refractivity contribution in [2.75, 3.05) is 51.5 Å². The minimum atomic E-state index is -3.47. The molecule has 1 fully saturated rings. The third kappa shape index (κ3) is 4.89. The van der Waals surface area contributed by atoms with E-state index in [9.17, 15) is 18.5 Å². The molecule has 9 heteroatoms. The summed E-state index contributed by atoms with van der Waals surface area (Å²) in [6.07, 6.45) is 2.05. The van der Waals surface area contributed by atoms with Crippen molar-refractivity contribution in [3.05, 3.63) is 28.3 Å². The Balaban J connectivity index is 2.01. The molecule has 1 N–H and O–H groups in total. The Morgan fingerprint density at radius 1 is 1.46 bits per heavy atom. The molecule has 0 aromatic heterocycles. The largest absolute Gasteiger partial charge is 0.383 e. The molecule has 0 saturated carbocycles. The van der Waals surface area contributed by atoms with Crippen molar-refractivity contribution >= 4 is 21.2 Å². The molecule has 1 atom stereocenters. The van der Waals surface area contributed by atoms with E-state index in [1.54, 1.807) is 7.11 Å². The molecule has 1 aromatic rings. The van der Waals surface area contributed by atoms with Gasteiger partial charge < -0.3 is 15.0 Å². The summed E-state index contributed by atoms with van der Waals surface area (Å²) < 4.78 is 28.2. The number of likely N-dealkylation sites (tertiary alicyclic amines) is 1. The second kappa shape index (κ2) is 7.91. The lowest BCUT2D eigenvalue weighted by Crippen LogP contribution is -2.26. The van der Waals surface area contributed by atoms with E-state index in [-0.39, 0.29) is 10.6 Å². The van der Waals surface area contributed by atoms with Crippen LogP contribution in [0.4, 0.5) is 11.4 Å². The highest BCUT2D eigenvalue weighted by atomic mass is 32.2. The van der Waals surface area contributed by atoms with Gasteiger partial charge in [0.2, 0.25) is 0 Å². The van der Waals surface area contributed by atoms with Gasteiger partial charge in [-0.1, -0.05) is 0 Å². The fourth-order valence-electron chi connectivity index (χ4n) is 2.80. The average molecular weight is 357 g/mol. The minimum Gasteiger partial charge on any atom is -0.383 e. The zero-order chi connectivity index (χ0) is 17.7. The number of hydrogen-bond donors (Lipinski definition) is 1.